The molecule has 1 heterocycles. The van der Waals surface area contributed by atoms with Crippen LogP contribution in [0.25, 0.3) is 0 Å². The molecule has 2 N–H and O–H groups in total. The molecule has 0 aliphatic heterocycles. The zero-order valence-electron chi connectivity index (χ0n) is 12.3. The second-order valence-electron chi connectivity index (χ2n) is 4.67. The summed E-state index contributed by atoms with van der Waals surface area (Å²) < 4.78 is 0. The average Bonchev–Trinajstić information content (AvgIpc) is 2.83. The molecule has 0 atom stereocenters. The fourth-order valence-corrected chi connectivity index (χ4v) is 2.88. The number of carbonyl (C=O) groups excluding carboxylic acids is 1. The Balaban J connectivity index is 0.00000220. The van der Waals surface area contributed by atoms with Gasteiger partial charge in [-0.25, -0.2) is 0 Å². The lowest BCUT2D eigenvalue weighted by Crippen LogP contribution is -2.18. The van der Waals surface area contributed by atoms with Gasteiger partial charge in [-0.1, -0.05) is 25.1 Å². The predicted molar refractivity (Wildman–Crippen MR) is 92.5 cm³/mol. The van der Waals surface area contributed by atoms with Crippen molar-refractivity contribution in [2.24, 2.45) is 0 Å². The molecule has 0 fully saturated rings. The molecule has 5 heteroatoms. The highest BCUT2D eigenvalue weighted by molar-refractivity contribution is 7.12. The van der Waals surface area contributed by atoms with E-state index in [1.165, 1.54) is 4.88 Å². The molecule has 3 nitrogen and oxygen atoms in total. The summed E-state index contributed by atoms with van der Waals surface area (Å²) in [7, 11) is 0. The second-order valence-corrected chi connectivity index (χ2v) is 6.05. The monoisotopic (exact) mass is 324 g/mol. The van der Waals surface area contributed by atoms with E-state index in [9.17, 15) is 4.79 Å². The third-order valence-corrected chi connectivity index (χ3v) is 3.99. The van der Waals surface area contributed by atoms with E-state index in [1.807, 2.05) is 36.4 Å². The van der Waals surface area contributed by atoms with E-state index in [4.69, 9.17) is 0 Å². The first-order valence-corrected chi connectivity index (χ1v) is 7.64. The summed E-state index contributed by atoms with van der Waals surface area (Å²) in [5.74, 6) is 0.0378. The number of hydrogen-bond donors (Lipinski definition) is 2. The summed E-state index contributed by atoms with van der Waals surface area (Å²) in [5.41, 5.74) is 2.01. The zero-order valence-corrected chi connectivity index (χ0v) is 13.9. The van der Waals surface area contributed by atoms with Crippen LogP contribution in [-0.2, 0) is 17.8 Å². The Morgan fingerprint density at radius 2 is 1.95 bits per heavy atom. The molecule has 1 amide bonds. The number of aryl methyl sites for hydroxylation is 1. The van der Waals surface area contributed by atoms with Crippen molar-refractivity contribution >= 4 is 35.3 Å². The van der Waals surface area contributed by atoms with Crippen LogP contribution in [0.5, 0.6) is 0 Å². The Hall–Kier alpha value is -1.36. The SMILES string of the molecule is CCNCc1ccccc1NC(=O)Cc1ccc(C)s1.Cl. The van der Waals surface area contributed by atoms with Crippen molar-refractivity contribution < 1.29 is 4.79 Å². The summed E-state index contributed by atoms with van der Waals surface area (Å²) in [4.78, 5) is 14.4. The molecule has 0 radical (unpaired) electrons. The number of rotatable bonds is 6. The maximum atomic E-state index is 12.1. The van der Waals surface area contributed by atoms with Gasteiger partial charge in [0, 0.05) is 22.0 Å². The van der Waals surface area contributed by atoms with Crippen LogP contribution in [0.15, 0.2) is 36.4 Å². The van der Waals surface area contributed by atoms with Crippen molar-refractivity contribution in [3.8, 4) is 0 Å². The molecule has 0 saturated heterocycles. The van der Waals surface area contributed by atoms with Crippen LogP contribution in [-0.4, -0.2) is 12.5 Å². The average molecular weight is 325 g/mol. The minimum absolute atomic E-state index is 0. The molecule has 0 saturated carbocycles. The zero-order chi connectivity index (χ0) is 14.4. The maximum Gasteiger partial charge on any atom is 0.229 e. The van der Waals surface area contributed by atoms with Crippen molar-refractivity contribution in [3.05, 3.63) is 51.7 Å². The smallest absolute Gasteiger partial charge is 0.229 e. The Morgan fingerprint density at radius 3 is 2.62 bits per heavy atom. The molecule has 0 aliphatic rings. The number of hydrogen-bond acceptors (Lipinski definition) is 3. The third kappa shape index (κ3) is 5.50. The van der Waals surface area contributed by atoms with Gasteiger partial charge in [0.2, 0.25) is 5.91 Å². The van der Waals surface area contributed by atoms with E-state index < -0.39 is 0 Å². The first-order chi connectivity index (χ1) is 9.69. The number of benzene rings is 1. The molecule has 0 bridgehead atoms. The van der Waals surface area contributed by atoms with Gasteiger partial charge in [-0.15, -0.1) is 23.7 Å². The summed E-state index contributed by atoms with van der Waals surface area (Å²) >= 11 is 1.67. The standard InChI is InChI=1S/C16H20N2OS.ClH/c1-3-17-11-13-6-4-5-7-15(13)18-16(19)10-14-9-8-12(2)20-14;/h4-9,17H,3,10-11H2,1-2H3,(H,18,19);1H. The highest BCUT2D eigenvalue weighted by atomic mass is 35.5. The first kappa shape index (κ1) is 17.7. The molecule has 2 aromatic rings. The van der Waals surface area contributed by atoms with Gasteiger partial charge in [0.05, 0.1) is 6.42 Å². The lowest BCUT2D eigenvalue weighted by atomic mass is 10.1. The highest BCUT2D eigenvalue weighted by Crippen LogP contribution is 2.18. The molecule has 0 aliphatic carbocycles. The predicted octanol–water partition coefficient (Wildman–Crippen LogP) is 3.77. The van der Waals surface area contributed by atoms with E-state index in [1.54, 1.807) is 11.3 Å². The van der Waals surface area contributed by atoms with Gasteiger partial charge in [0.1, 0.15) is 0 Å². The lowest BCUT2D eigenvalue weighted by molar-refractivity contribution is -0.115. The van der Waals surface area contributed by atoms with Crippen molar-refractivity contribution in [2.75, 3.05) is 11.9 Å². The van der Waals surface area contributed by atoms with E-state index >= 15 is 0 Å². The lowest BCUT2D eigenvalue weighted by Gasteiger charge is -2.11. The molecule has 1 aromatic heterocycles. The number of para-hydroxylation sites is 1. The van der Waals surface area contributed by atoms with Gasteiger partial charge in [-0.05, 0) is 37.2 Å². The van der Waals surface area contributed by atoms with Gasteiger partial charge in [0.25, 0.3) is 0 Å². The first-order valence-electron chi connectivity index (χ1n) is 6.83. The topological polar surface area (TPSA) is 41.1 Å². The van der Waals surface area contributed by atoms with Gasteiger partial charge >= 0.3 is 0 Å². The van der Waals surface area contributed by atoms with Crippen LogP contribution in [0.3, 0.4) is 0 Å². The molecule has 1 aromatic carbocycles. The van der Waals surface area contributed by atoms with Crippen LogP contribution >= 0.6 is 23.7 Å². The van der Waals surface area contributed by atoms with Gasteiger partial charge in [0.15, 0.2) is 0 Å². The number of carbonyl (C=O) groups is 1. The number of halogens is 1. The van der Waals surface area contributed by atoms with Crippen LogP contribution in [0.2, 0.25) is 0 Å². The number of amides is 1. The van der Waals surface area contributed by atoms with Crippen molar-refractivity contribution in [3.63, 3.8) is 0 Å². The minimum Gasteiger partial charge on any atom is -0.325 e. The Labute approximate surface area is 136 Å². The number of anilines is 1. The molecule has 2 rings (SSSR count). The summed E-state index contributed by atoms with van der Waals surface area (Å²) in [6.07, 6.45) is 0.439. The molecular formula is C16H21ClN2OS. The Kier molecular flexibility index (Phi) is 7.43. The Morgan fingerprint density at radius 1 is 1.19 bits per heavy atom. The van der Waals surface area contributed by atoms with Crippen LogP contribution in [0.4, 0.5) is 5.69 Å². The molecular weight excluding hydrogens is 304 g/mol. The van der Waals surface area contributed by atoms with Crippen molar-refractivity contribution in [1.82, 2.24) is 5.32 Å². The summed E-state index contributed by atoms with van der Waals surface area (Å²) in [6, 6.07) is 12.0. The summed E-state index contributed by atoms with van der Waals surface area (Å²) in [6.45, 7) is 5.81. The minimum atomic E-state index is 0. The molecule has 114 valence electrons. The van der Waals surface area contributed by atoms with E-state index in [0.29, 0.717) is 6.42 Å². The van der Waals surface area contributed by atoms with E-state index in [-0.39, 0.29) is 18.3 Å². The fourth-order valence-electron chi connectivity index (χ4n) is 1.99. The van der Waals surface area contributed by atoms with Gasteiger partial charge < -0.3 is 10.6 Å². The van der Waals surface area contributed by atoms with Crippen molar-refractivity contribution in [1.29, 1.82) is 0 Å². The molecule has 21 heavy (non-hydrogen) atoms. The third-order valence-electron chi connectivity index (χ3n) is 2.99. The van der Waals surface area contributed by atoms with Crippen molar-refractivity contribution in [2.45, 2.75) is 26.8 Å². The Bertz CT molecular complexity index is 583. The number of thiophene rings is 1. The molecule has 0 spiro atoms. The fraction of sp³-hybridized carbons (Fsp3) is 0.312. The normalized spacial score (nSPS) is 10.0. The number of nitrogens with one attached hydrogen (secondary N) is 2. The van der Waals surface area contributed by atoms with Gasteiger partial charge in [-0.2, -0.15) is 0 Å². The largest absolute Gasteiger partial charge is 0.325 e. The second kappa shape index (κ2) is 8.82. The summed E-state index contributed by atoms with van der Waals surface area (Å²) in [5, 5.41) is 6.29. The van der Waals surface area contributed by atoms with E-state index in [0.717, 1.165) is 29.2 Å². The molecule has 0 unspecified atom stereocenters. The van der Waals surface area contributed by atoms with Crippen LogP contribution in [0.1, 0.15) is 22.2 Å². The van der Waals surface area contributed by atoms with Crippen LogP contribution < -0.4 is 10.6 Å². The van der Waals surface area contributed by atoms with Gasteiger partial charge in [-0.3, -0.25) is 4.79 Å². The maximum absolute atomic E-state index is 12.1. The highest BCUT2D eigenvalue weighted by Gasteiger charge is 2.08. The van der Waals surface area contributed by atoms with Crippen LogP contribution in [0, 0.1) is 6.92 Å². The quantitative estimate of drug-likeness (QED) is 0.849. The van der Waals surface area contributed by atoms with E-state index in [2.05, 4.69) is 24.5 Å².